The van der Waals surface area contributed by atoms with E-state index in [4.69, 9.17) is 9.15 Å². The van der Waals surface area contributed by atoms with Gasteiger partial charge in [-0.25, -0.2) is 4.79 Å². The molecule has 1 fully saturated rings. The molecule has 1 saturated heterocycles. The number of carbonyl (C=O) groups is 1. The molecule has 140 valence electrons. The molecule has 2 heterocycles. The molecule has 26 heavy (non-hydrogen) atoms. The third-order valence-electron chi connectivity index (χ3n) is 4.24. The van der Waals surface area contributed by atoms with Gasteiger partial charge in [-0.15, -0.1) is 10.2 Å². The molecule has 0 saturated carbocycles. The van der Waals surface area contributed by atoms with E-state index in [1.165, 1.54) is 6.39 Å². The summed E-state index contributed by atoms with van der Waals surface area (Å²) in [6.07, 6.45) is 3.19. The number of hydrogen-bond acceptors (Lipinski definition) is 6. The lowest BCUT2D eigenvalue weighted by atomic mass is 9.98. The monoisotopic (exact) mass is 358 g/mol. The fourth-order valence-electron chi connectivity index (χ4n) is 3.05. The van der Waals surface area contributed by atoms with Gasteiger partial charge in [0.05, 0.1) is 0 Å². The number of nitrogens with one attached hydrogen (secondary N) is 1. The highest BCUT2D eigenvalue weighted by molar-refractivity contribution is 5.68. The van der Waals surface area contributed by atoms with Crippen LogP contribution < -0.4 is 5.32 Å². The minimum Gasteiger partial charge on any atom is -0.444 e. The van der Waals surface area contributed by atoms with Crippen molar-refractivity contribution in [3.05, 3.63) is 30.7 Å². The van der Waals surface area contributed by atoms with Gasteiger partial charge in [0.1, 0.15) is 5.60 Å². The average molecular weight is 358 g/mol. The summed E-state index contributed by atoms with van der Waals surface area (Å²) >= 11 is 0. The summed E-state index contributed by atoms with van der Waals surface area (Å²) in [5.74, 6) is 0.894. The number of anilines is 1. The van der Waals surface area contributed by atoms with Gasteiger partial charge in [-0.3, -0.25) is 0 Å². The fourth-order valence-corrected chi connectivity index (χ4v) is 3.05. The van der Waals surface area contributed by atoms with Crippen molar-refractivity contribution in [2.24, 2.45) is 5.92 Å². The van der Waals surface area contributed by atoms with Gasteiger partial charge < -0.3 is 19.4 Å². The molecule has 1 atom stereocenters. The van der Waals surface area contributed by atoms with Crippen molar-refractivity contribution in [1.29, 1.82) is 0 Å². The highest BCUT2D eigenvalue weighted by Gasteiger charge is 2.27. The lowest BCUT2D eigenvalue weighted by Gasteiger charge is -2.34. The van der Waals surface area contributed by atoms with Gasteiger partial charge in [0.15, 0.2) is 0 Å². The van der Waals surface area contributed by atoms with Gasteiger partial charge >= 0.3 is 6.09 Å². The molecule has 3 rings (SSSR count). The van der Waals surface area contributed by atoms with Gasteiger partial charge in [0.25, 0.3) is 0 Å². The number of rotatable bonds is 4. The van der Waals surface area contributed by atoms with Gasteiger partial charge in [0, 0.05) is 30.9 Å². The third kappa shape index (κ3) is 4.97. The van der Waals surface area contributed by atoms with Crippen LogP contribution in [0.5, 0.6) is 0 Å². The Hall–Kier alpha value is -2.57. The smallest absolute Gasteiger partial charge is 0.410 e. The molecule has 1 N–H and O–H groups in total. The topological polar surface area (TPSA) is 80.5 Å². The molecule has 2 aromatic rings. The maximum Gasteiger partial charge on any atom is 0.410 e. The minimum atomic E-state index is -0.461. The van der Waals surface area contributed by atoms with Gasteiger partial charge in [0.2, 0.25) is 12.3 Å². The standard InChI is InChI=1S/C19H26N4O3/c1-19(2,3)26-18(24)23-9-5-6-14(12-23)11-20-16-8-4-7-15(10-16)17-22-21-13-25-17/h4,7-8,10,13-14,20H,5-6,9,11-12H2,1-3H3/t14-/m0/s1. The van der Waals surface area contributed by atoms with Crippen LogP contribution in [0.25, 0.3) is 11.5 Å². The van der Waals surface area contributed by atoms with Crippen molar-refractivity contribution in [1.82, 2.24) is 15.1 Å². The number of benzene rings is 1. The number of likely N-dealkylation sites (tertiary alicyclic amines) is 1. The first kappa shape index (κ1) is 18.2. The second-order valence-corrected chi connectivity index (χ2v) is 7.64. The van der Waals surface area contributed by atoms with Crippen LogP contribution in [0.2, 0.25) is 0 Å². The Bertz CT molecular complexity index is 725. The molecular weight excluding hydrogens is 332 g/mol. The van der Waals surface area contributed by atoms with Crippen LogP contribution in [0.1, 0.15) is 33.6 Å². The van der Waals surface area contributed by atoms with E-state index in [0.29, 0.717) is 18.4 Å². The predicted octanol–water partition coefficient (Wildman–Crippen LogP) is 3.80. The van der Waals surface area contributed by atoms with Gasteiger partial charge in [-0.2, -0.15) is 0 Å². The number of aromatic nitrogens is 2. The summed E-state index contributed by atoms with van der Waals surface area (Å²) in [5, 5.41) is 11.1. The number of piperidine rings is 1. The van der Waals surface area contributed by atoms with Gasteiger partial charge in [-0.1, -0.05) is 6.07 Å². The molecule has 1 aromatic carbocycles. The summed E-state index contributed by atoms with van der Waals surface area (Å²) in [5.41, 5.74) is 1.42. The van der Waals surface area contributed by atoms with Crippen LogP contribution in [-0.2, 0) is 4.74 Å². The van der Waals surface area contributed by atoms with E-state index in [1.54, 1.807) is 0 Å². The van der Waals surface area contributed by atoms with Crippen molar-refractivity contribution in [3.8, 4) is 11.5 Å². The lowest BCUT2D eigenvalue weighted by Crippen LogP contribution is -2.44. The number of nitrogens with zero attached hydrogens (tertiary/aromatic N) is 3. The van der Waals surface area contributed by atoms with Crippen molar-refractivity contribution >= 4 is 11.8 Å². The fraction of sp³-hybridized carbons (Fsp3) is 0.526. The predicted molar refractivity (Wildman–Crippen MR) is 98.8 cm³/mol. The van der Waals surface area contributed by atoms with E-state index in [2.05, 4.69) is 15.5 Å². The maximum atomic E-state index is 12.3. The van der Waals surface area contributed by atoms with Crippen LogP contribution in [0.4, 0.5) is 10.5 Å². The van der Waals surface area contributed by atoms with Crippen LogP contribution in [-0.4, -0.2) is 46.4 Å². The first-order valence-corrected chi connectivity index (χ1v) is 8.99. The van der Waals surface area contributed by atoms with Crippen LogP contribution in [0.3, 0.4) is 0 Å². The van der Waals surface area contributed by atoms with Gasteiger partial charge in [-0.05, 0) is 57.7 Å². The molecule has 0 radical (unpaired) electrons. The van der Waals surface area contributed by atoms with Crippen molar-refractivity contribution < 1.29 is 13.9 Å². The average Bonchev–Trinajstić information content (AvgIpc) is 3.14. The zero-order chi connectivity index (χ0) is 18.6. The Balaban J connectivity index is 1.55. The van der Waals surface area contributed by atoms with Crippen molar-refractivity contribution in [3.63, 3.8) is 0 Å². The zero-order valence-electron chi connectivity index (χ0n) is 15.6. The molecule has 1 aliphatic rings. The quantitative estimate of drug-likeness (QED) is 0.895. The number of amides is 1. The van der Waals surface area contributed by atoms with Crippen molar-refractivity contribution in [2.45, 2.75) is 39.2 Å². The second-order valence-electron chi connectivity index (χ2n) is 7.64. The van der Waals surface area contributed by atoms with E-state index in [9.17, 15) is 4.79 Å². The largest absolute Gasteiger partial charge is 0.444 e. The van der Waals surface area contributed by atoms with Crippen LogP contribution in [0, 0.1) is 5.92 Å². The summed E-state index contributed by atoms with van der Waals surface area (Å²) < 4.78 is 10.7. The molecule has 0 unspecified atom stereocenters. The normalized spacial score (nSPS) is 17.8. The van der Waals surface area contributed by atoms with Crippen molar-refractivity contribution in [2.75, 3.05) is 25.0 Å². The highest BCUT2D eigenvalue weighted by atomic mass is 16.6. The van der Waals surface area contributed by atoms with E-state index < -0.39 is 5.60 Å². The molecular formula is C19H26N4O3. The maximum absolute atomic E-state index is 12.3. The number of hydrogen-bond donors (Lipinski definition) is 1. The highest BCUT2D eigenvalue weighted by Crippen LogP contribution is 2.23. The Kier molecular flexibility index (Phi) is 5.44. The minimum absolute atomic E-state index is 0.222. The SMILES string of the molecule is CC(C)(C)OC(=O)N1CCC[C@@H](CNc2cccc(-c3nnco3)c2)C1. The Morgan fingerprint density at radius 2 is 2.27 bits per heavy atom. The first-order chi connectivity index (χ1) is 12.4. The Labute approximate surface area is 153 Å². The van der Waals surface area contributed by atoms with E-state index in [1.807, 2.05) is 49.9 Å². The van der Waals surface area contributed by atoms with Crippen LogP contribution >= 0.6 is 0 Å². The summed E-state index contributed by atoms with van der Waals surface area (Å²) in [6, 6.07) is 7.88. The molecule has 0 bridgehead atoms. The summed E-state index contributed by atoms with van der Waals surface area (Å²) in [6.45, 7) is 7.95. The van der Waals surface area contributed by atoms with E-state index in [-0.39, 0.29) is 6.09 Å². The summed E-state index contributed by atoms with van der Waals surface area (Å²) in [4.78, 5) is 14.1. The molecule has 1 aliphatic heterocycles. The molecule has 0 spiro atoms. The second kappa shape index (κ2) is 7.76. The summed E-state index contributed by atoms with van der Waals surface area (Å²) in [7, 11) is 0. The Morgan fingerprint density at radius 3 is 3.00 bits per heavy atom. The Morgan fingerprint density at radius 1 is 1.42 bits per heavy atom. The lowest BCUT2D eigenvalue weighted by molar-refractivity contribution is 0.0172. The number of carbonyl (C=O) groups excluding carboxylic acids is 1. The van der Waals surface area contributed by atoms with Crippen LogP contribution in [0.15, 0.2) is 35.1 Å². The molecule has 1 aromatic heterocycles. The molecule has 7 nitrogen and oxygen atoms in total. The zero-order valence-corrected chi connectivity index (χ0v) is 15.6. The van der Waals surface area contributed by atoms with E-state index >= 15 is 0 Å². The molecule has 0 aliphatic carbocycles. The third-order valence-corrected chi connectivity index (χ3v) is 4.24. The molecule has 1 amide bonds. The number of ether oxygens (including phenoxy) is 1. The molecule has 7 heteroatoms. The van der Waals surface area contributed by atoms with E-state index in [0.717, 1.165) is 37.2 Å². The first-order valence-electron chi connectivity index (χ1n) is 8.99.